The standard InChI is InChI=1S/C19H23F2N3O/c1-24(10-8-15-13-22-9-11-25-15)19-12-14(20)6-7-18(19)23-17-5-3-2-4-16(17)21/h2-7,12,15,22-23H,8-11,13H2,1H3. The highest BCUT2D eigenvalue weighted by Gasteiger charge is 2.16. The topological polar surface area (TPSA) is 36.5 Å². The van der Waals surface area contributed by atoms with E-state index in [2.05, 4.69) is 10.6 Å². The van der Waals surface area contributed by atoms with E-state index in [0.29, 0.717) is 30.2 Å². The quantitative estimate of drug-likeness (QED) is 0.838. The van der Waals surface area contributed by atoms with Gasteiger partial charge in [0.15, 0.2) is 0 Å². The summed E-state index contributed by atoms with van der Waals surface area (Å²) >= 11 is 0. The number of ether oxygens (including phenoxy) is 1. The highest BCUT2D eigenvalue weighted by atomic mass is 19.1. The van der Waals surface area contributed by atoms with Crippen molar-refractivity contribution in [3.05, 3.63) is 54.1 Å². The van der Waals surface area contributed by atoms with Crippen LogP contribution in [-0.4, -0.2) is 39.4 Å². The van der Waals surface area contributed by atoms with Gasteiger partial charge in [0.1, 0.15) is 11.6 Å². The summed E-state index contributed by atoms with van der Waals surface area (Å²) in [7, 11) is 1.90. The van der Waals surface area contributed by atoms with Crippen molar-refractivity contribution < 1.29 is 13.5 Å². The molecule has 1 unspecified atom stereocenters. The van der Waals surface area contributed by atoms with Crippen LogP contribution in [0.1, 0.15) is 6.42 Å². The van der Waals surface area contributed by atoms with Crippen LogP contribution < -0.4 is 15.5 Å². The number of hydrogen-bond acceptors (Lipinski definition) is 4. The number of rotatable bonds is 6. The van der Waals surface area contributed by atoms with Gasteiger partial charge in [-0.2, -0.15) is 0 Å². The zero-order valence-corrected chi connectivity index (χ0v) is 14.3. The fourth-order valence-corrected chi connectivity index (χ4v) is 2.90. The van der Waals surface area contributed by atoms with Crippen LogP contribution in [0.2, 0.25) is 0 Å². The Kier molecular flexibility index (Phi) is 5.83. The molecule has 0 radical (unpaired) electrons. The predicted octanol–water partition coefficient (Wildman–Crippen LogP) is 3.52. The fraction of sp³-hybridized carbons (Fsp3) is 0.368. The third-order valence-corrected chi connectivity index (χ3v) is 4.31. The molecule has 0 spiro atoms. The first-order chi connectivity index (χ1) is 12.1. The summed E-state index contributed by atoms with van der Waals surface area (Å²) < 4.78 is 33.4. The maximum Gasteiger partial charge on any atom is 0.146 e. The summed E-state index contributed by atoms with van der Waals surface area (Å²) in [5.41, 5.74) is 1.72. The second-order valence-electron chi connectivity index (χ2n) is 6.17. The highest BCUT2D eigenvalue weighted by molar-refractivity contribution is 5.75. The van der Waals surface area contributed by atoms with Crippen molar-refractivity contribution in [1.82, 2.24) is 5.32 Å². The zero-order valence-electron chi connectivity index (χ0n) is 14.3. The number of nitrogens with zero attached hydrogens (tertiary/aromatic N) is 1. The maximum atomic E-state index is 13.9. The van der Waals surface area contributed by atoms with Crippen molar-refractivity contribution >= 4 is 17.1 Å². The third kappa shape index (κ3) is 4.67. The molecule has 0 aromatic heterocycles. The normalized spacial score (nSPS) is 17.3. The first-order valence-corrected chi connectivity index (χ1v) is 8.48. The van der Waals surface area contributed by atoms with Crippen LogP contribution in [0.5, 0.6) is 0 Å². The Bertz CT molecular complexity index is 705. The smallest absolute Gasteiger partial charge is 0.146 e. The van der Waals surface area contributed by atoms with E-state index in [1.54, 1.807) is 24.3 Å². The molecular formula is C19H23F2N3O. The van der Waals surface area contributed by atoms with E-state index in [1.165, 1.54) is 18.2 Å². The zero-order chi connectivity index (χ0) is 17.6. The molecule has 3 rings (SSSR count). The molecule has 1 saturated heterocycles. The van der Waals surface area contributed by atoms with Crippen molar-refractivity contribution in [3.8, 4) is 0 Å². The van der Waals surface area contributed by atoms with E-state index in [-0.39, 0.29) is 17.7 Å². The molecule has 0 bridgehead atoms. The van der Waals surface area contributed by atoms with E-state index in [9.17, 15) is 8.78 Å². The van der Waals surface area contributed by atoms with E-state index in [1.807, 2.05) is 11.9 Å². The van der Waals surface area contributed by atoms with Gasteiger partial charge in [0.2, 0.25) is 0 Å². The van der Waals surface area contributed by atoms with Crippen LogP contribution in [0.4, 0.5) is 25.8 Å². The van der Waals surface area contributed by atoms with Crippen molar-refractivity contribution in [2.24, 2.45) is 0 Å². The third-order valence-electron chi connectivity index (χ3n) is 4.31. The van der Waals surface area contributed by atoms with Crippen LogP contribution in [-0.2, 0) is 4.74 Å². The van der Waals surface area contributed by atoms with Gasteiger partial charge in [-0.1, -0.05) is 12.1 Å². The summed E-state index contributed by atoms with van der Waals surface area (Å²) in [6.45, 7) is 3.14. The molecular weight excluding hydrogens is 324 g/mol. The molecule has 1 aliphatic heterocycles. The Hall–Kier alpha value is -2.18. The number of halogens is 2. The molecule has 134 valence electrons. The van der Waals surface area contributed by atoms with Crippen LogP contribution in [0.15, 0.2) is 42.5 Å². The molecule has 1 atom stereocenters. The monoisotopic (exact) mass is 347 g/mol. The van der Waals surface area contributed by atoms with Crippen LogP contribution >= 0.6 is 0 Å². The number of para-hydroxylation sites is 1. The number of anilines is 3. The second-order valence-corrected chi connectivity index (χ2v) is 6.17. The van der Waals surface area contributed by atoms with E-state index < -0.39 is 0 Å². The Morgan fingerprint density at radius 2 is 2.04 bits per heavy atom. The molecule has 2 aromatic carbocycles. The number of morpholine rings is 1. The lowest BCUT2D eigenvalue weighted by Crippen LogP contribution is -2.40. The van der Waals surface area contributed by atoms with Gasteiger partial charge >= 0.3 is 0 Å². The first kappa shape index (κ1) is 17.6. The molecule has 1 aliphatic rings. The molecule has 0 amide bonds. The Morgan fingerprint density at radius 1 is 1.20 bits per heavy atom. The van der Waals surface area contributed by atoms with Crippen LogP contribution in [0.25, 0.3) is 0 Å². The highest BCUT2D eigenvalue weighted by Crippen LogP contribution is 2.30. The molecule has 1 fully saturated rings. The lowest BCUT2D eigenvalue weighted by molar-refractivity contribution is 0.0250. The lowest BCUT2D eigenvalue weighted by Gasteiger charge is -2.28. The second kappa shape index (κ2) is 8.27. The Morgan fingerprint density at radius 3 is 2.80 bits per heavy atom. The number of nitrogens with one attached hydrogen (secondary N) is 2. The summed E-state index contributed by atoms with van der Waals surface area (Å²) in [5.74, 6) is -0.668. The molecule has 0 aliphatic carbocycles. The molecule has 4 nitrogen and oxygen atoms in total. The fourth-order valence-electron chi connectivity index (χ4n) is 2.90. The van der Waals surface area contributed by atoms with Gasteiger partial charge in [-0.15, -0.1) is 0 Å². The van der Waals surface area contributed by atoms with Crippen molar-refractivity contribution in [2.45, 2.75) is 12.5 Å². The van der Waals surface area contributed by atoms with Gasteiger partial charge in [-0.25, -0.2) is 8.78 Å². The van der Waals surface area contributed by atoms with Gasteiger partial charge in [-0.05, 0) is 36.8 Å². The number of hydrogen-bond donors (Lipinski definition) is 2. The van der Waals surface area contributed by atoms with E-state index in [4.69, 9.17) is 4.74 Å². The summed E-state index contributed by atoms with van der Waals surface area (Å²) in [5, 5.41) is 6.36. The minimum absolute atomic E-state index is 0.160. The molecule has 25 heavy (non-hydrogen) atoms. The molecule has 2 aromatic rings. The van der Waals surface area contributed by atoms with Gasteiger partial charge in [0.25, 0.3) is 0 Å². The van der Waals surface area contributed by atoms with Crippen LogP contribution in [0, 0.1) is 11.6 Å². The summed E-state index contributed by atoms with van der Waals surface area (Å²) in [6.07, 6.45) is 0.992. The van der Waals surface area contributed by atoms with Crippen molar-refractivity contribution in [1.29, 1.82) is 0 Å². The Labute approximate surface area is 146 Å². The molecule has 0 saturated carbocycles. The summed E-state index contributed by atoms with van der Waals surface area (Å²) in [4.78, 5) is 1.96. The van der Waals surface area contributed by atoms with Crippen molar-refractivity contribution in [3.63, 3.8) is 0 Å². The maximum absolute atomic E-state index is 13.9. The summed E-state index contributed by atoms with van der Waals surface area (Å²) in [6, 6.07) is 10.9. The van der Waals surface area contributed by atoms with Gasteiger partial charge < -0.3 is 20.3 Å². The molecule has 6 heteroatoms. The minimum atomic E-state index is -0.345. The molecule has 1 heterocycles. The van der Waals surface area contributed by atoms with E-state index in [0.717, 1.165) is 19.5 Å². The van der Waals surface area contributed by atoms with Crippen LogP contribution in [0.3, 0.4) is 0 Å². The first-order valence-electron chi connectivity index (χ1n) is 8.48. The average molecular weight is 347 g/mol. The predicted molar refractivity (Wildman–Crippen MR) is 96.6 cm³/mol. The Balaban J connectivity index is 1.72. The van der Waals surface area contributed by atoms with E-state index >= 15 is 0 Å². The largest absolute Gasteiger partial charge is 0.376 e. The number of benzene rings is 2. The average Bonchev–Trinajstić information content (AvgIpc) is 2.64. The van der Waals surface area contributed by atoms with Gasteiger partial charge in [-0.3, -0.25) is 0 Å². The van der Waals surface area contributed by atoms with Crippen molar-refractivity contribution in [2.75, 3.05) is 43.5 Å². The lowest BCUT2D eigenvalue weighted by atomic mass is 10.2. The molecule has 2 N–H and O–H groups in total. The SMILES string of the molecule is CN(CCC1CNCCO1)c1cc(F)ccc1Nc1ccccc1F. The minimum Gasteiger partial charge on any atom is -0.376 e. The van der Waals surface area contributed by atoms with Gasteiger partial charge in [0.05, 0.1) is 29.8 Å². The van der Waals surface area contributed by atoms with Gasteiger partial charge in [0, 0.05) is 26.7 Å².